The molecule has 23 heavy (non-hydrogen) atoms. The fourth-order valence-electron chi connectivity index (χ4n) is 2.14. The summed E-state index contributed by atoms with van der Waals surface area (Å²) in [6.45, 7) is 6.79. The van der Waals surface area contributed by atoms with Gasteiger partial charge in [-0.05, 0) is 32.9 Å². The third-order valence-corrected chi connectivity index (χ3v) is 3.20. The van der Waals surface area contributed by atoms with Crippen molar-refractivity contribution in [3.63, 3.8) is 0 Å². The first-order chi connectivity index (χ1) is 10.8. The van der Waals surface area contributed by atoms with E-state index in [1.165, 1.54) is 0 Å². The predicted molar refractivity (Wildman–Crippen MR) is 84.3 cm³/mol. The minimum absolute atomic E-state index is 0.104. The van der Waals surface area contributed by atoms with Crippen molar-refractivity contribution in [3.05, 3.63) is 35.9 Å². The van der Waals surface area contributed by atoms with Gasteiger partial charge in [-0.1, -0.05) is 18.2 Å². The molecule has 0 aliphatic carbocycles. The van der Waals surface area contributed by atoms with E-state index < -0.39 is 11.6 Å². The lowest BCUT2D eigenvalue weighted by Crippen LogP contribution is -2.49. The number of rotatable bonds is 3. The van der Waals surface area contributed by atoms with E-state index in [0.717, 1.165) is 0 Å². The van der Waals surface area contributed by atoms with Crippen LogP contribution < -0.4 is 0 Å². The molecule has 0 bridgehead atoms. The Morgan fingerprint density at radius 1 is 1.26 bits per heavy atom. The topological polar surface area (TPSA) is 65.1 Å². The van der Waals surface area contributed by atoms with Gasteiger partial charge < -0.3 is 19.1 Å². The number of hydrogen-bond acceptors (Lipinski definition) is 5. The molecule has 6 nitrogen and oxygen atoms in total. The van der Waals surface area contributed by atoms with E-state index in [0.29, 0.717) is 25.3 Å². The van der Waals surface area contributed by atoms with Crippen molar-refractivity contribution in [3.8, 4) is 0 Å². The number of carbonyl (C=O) groups excluding carboxylic acids is 2. The molecule has 0 spiro atoms. The van der Waals surface area contributed by atoms with Crippen LogP contribution in [0.4, 0.5) is 4.79 Å². The maximum absolute atomic E-state index is 12.1. The molecule has 1 aromatic carbocycles. The number of nitrogens with zero attached hydrogens (tertiary/aromatic N) is 1. The Balaban J connectivity index is 1.82. The third-order valence-electron chi connectivity index (χ3n) is 3.20. The van der Waals surface area contributed by atoms with Gasteiger partial charge in [0.2, 0.25) is 0 Å². The molecule has 2 rings (SSSR count). The van der Waals surface area contributed by atoms with Crippen LogP contribution >= 0.6 is 0 Å². The lowest BCUT2D eigenvalue weighted by atomic mass is 10.2. The second-order valence-electron chi connectivity index (χ2n) is 6.38. The number of hydrogen-bond donors (Lipinski definition) is 0. The first-order valence-corrected chi connectivity index (χ1v) is 7.67. The smallest absolute Gasteiger partial charge is 0.410 e. The van der Waals surface area contributed by atoms with Crippen LogP contribution in [0.1, 0.15) is 31.1 Å². The SMILES string of the molecule is CC(C)(C)OC(=O)N1CCOC(COC(=O)c2ccccc2)C1. The van der Waals surface area contributed by atoms with Crippen LogP contribution in [0.15, 0.2) is 30.3 Å². The maximum Gasteiger partial charge on any atom is 0.410 e. The van der Waals surface area contributed by atoms with Gasteiger partial charge in [0.1, 0.15) is 18.3 Å². The van der Waals surface area contributed by atoms with Crippen molar-refractivity contribution in [2.24, 2.45) is 0 Å². The van der Waals surface area contributed by atoms with Gasteiger partial charge in [0, 0.05) is 6.54 Å². The van der Waals surface area contributed by atoms with E-state index in [1.807, 2.05) is 26.8 Å². The zero-order valence-corrected chi connectivity index (χ0v) is 13.8. The second-order valence-corrected chi connectivity index (χ2v) is 6.38. The molecule has 1 aliphatic rings. The maximum atomic E-state index is 12.1. The molecule has 1 aromatic rings. The Morgan fingerprint density at radius 2 is 1.96 bits per heavy atom. The highest BCUT2D eigenvalue weighted by molar-refractivity contribution is 5.89. The second kappa shape index (κ2) is 7.46. The fourth-order valence-corrected chi connectivity index (χ4v) is 2.14. The van der Waals surface area contributed by atoms with Crippen LogP contribution in [0.5, 0.6) is 0 Å². The van der Waals surface area contributed by atoms with Gasteiger partial charge in [0.25, 0.3) is 0 Å². The molecular weight excluding hydrogens is 298 g/mol. The van der Waals surface area contributed by atoms with Crippen molar-refractivity contribution >= 4 is 12.1 Å². The molecule has 0 saturated carbocycles. The van der Waals surface area contributed by atoms with E-state index in [-0.39, 0.29) is 18.8 Å². The standard InChI is InChI=1S/C17H23NO5/c1-17(2,3)23-16(20)18-9-10-21-14(11-18)12-22-15(19)13-7-5-4-6-8-13/h4-8,14H,9-12H2,1-3H3. The zero-order chi connectivity index (χ0) is 16.9. The van der Waals surface area contributed by atoms with E-state index in [9.17, 15) is 9.59 Å². The molecule has 0 aromatic heterocycles. The summed E-state index contributed by atoms with van der Waals surface area (Å²) in [5.74, 6) is -0.399. The highest BCUT2D eigenvalue weighted by Crippen LogP contribution is 2.13. The minimum Gasteiger partial charge on any atom is -0.459 e. The molecule has 1 atom stereocenters. The van der Waals surface area contributed by atoms with Crippen molar-refractivity contribution in [2.75, 3.05) is 26.3 Å². The van der Waals surface area contributed by atoms with E-state index in [1.54, 1.807) is 29.2 Å². The average Bonchev–Trinajstić information content (AvgIpc) is 2.52. The highest BCUT2D eigenvalue weighted by atomic mass is 16.6. The molecule has 1 saturated heterocycles. The molecule has 1 heterocycles. The van der Waals surface area contributed by atoms with Crippen molar-refractivity contribution in [1.82, 2.24) is 4.90 Å². The molecule has 0 N–H and O–H groups in total. The third kappa shape index (κ3) is 5.56. The minimum atomic E-state index is -0.537. The number of amides is 1. The van der Waals surface area contributed by atoms with Gasteiger partial charge >= 0.3 is 12.1 Å². The summed E-state index contributed by atoms with van der Waals surface area (Å²) >= 11 is 0. The van der Waals surface area contributed by atoms with E-state index in [4.69, 9.17) is 14.2 Å². The lowest BCUT2D eigenvalue weighted by molar-refractivity contribution is -0.0638. The van der Waals surface area contributed by atoms with Gasteiger partial charge in [-0.25, -0.2) is 9.59 Å². The summed E-state index contributed by atoms with van der Waals surface area (Å²) in [4.78, 5) is 25.5. The first kappa shape index (κ1) is 17.3. The predicted octanol–water partition coefficient (Wildman–Crippen LogP) is 2.48. The molecule has 1 fully saturated rings. The number of morpholine rings is 1. The first-order valence-electron chi connectivity index (χ1n) is 7.67. The number of carbonyl (C=O) groups is 2. The van der Waals surface area contributed by atoms with Gasteiger partial charge in [0.15, 0.2) is 0 Å². The molecule has 6 heteroatoms. The Bertz CT molecular complexity index is 538. The van der Waals surface area contributed by atoms with Crippen molar-refractivity contribution < 1.29 is 23.8 Å². The summed E-state index contributed by atoms with van der Waals surface area (Å²) < 4.78 is 16.1. The summed E-state index contributed by atoms with van der Waals surface area (Å²) in [6, 6.07) is 8.77. The Hall–Kier alpha value is -2.08. The monoisotopic (exact) mass is 321 g/mol. The van der Waals surface area contributed by atoms with Crippen molar-refractivity contribution in [2.45, 2.75) is 32.5 Å². The number of ether oxygens (including phenoxy) is 3. The molecule has 126 valence electrons. The summed E-state index contributed by atoms with van der Waals surface area (Å²) in [5, 5.41) is 0. The van der Waals surface area contributed by atoms with Gasteiger partial charge in [-0.2, -0.15) is 0 Å². The Labute approximate surface area is 136 Å². The Morgan fingerprint density at radius 3 is 2.61 bits per heavy atom. The van der Waals surface area contributed by atoms with E-state index >= 15 is 0 Å². The van der Waals surface area contributed by atoms with Crippen LogP contribution in [0.3, 0.4) is 0 Å². The van der Waals surface area contributed by atoms with Crippen LogP contribution in [0, 0.1) is 0 Å². The summed E-state index contributed by atoms with van der Waals surface area (Å²) in [6.07, 6.45) is -0.718. The molecule has 1 amide bonds. The van der Waals surface area contributed by atoms with Gasteiger partial charge in [-0.15, -0.1) is 0 Å². The van der Waals surface area contributed by atoms with E-state index in [2.05, 4.69) is 0 Å². The number of esters is 1. The van der Waals surface area contributed by atoms with Gasteiger partial charge in [0.05, 0.1) is 18.7 Å². The molecular formula is C17H23NO5. The quantitative estimate of drug-likeness (QED) is 0.800. The lowest BCUT2D eigenvalue weighted by Gasteiger charge is -2.33. The number of benzene rings is 1. The van der Waals surface area contributed by atoms with Gasteiger partial charge in [-0.3, -0.25) is 0 Å². The van der Waals surface area contributed by atoms with Crippen LogP contribution in [-0.4, -0.2) is 55.0 Å². The molecule has 1 aliphatic heterocycles. The van der Waals surface area contributed by atoms with Crippen molar-refractivity contribution in [1.29, 1.82) is 0 Å². The average molecular weight is 321 g/mol. The highest BCUT2D eigenvalue weighted by Gasteiger charge is 2.28. The zero-order valence-electron chi connectivity index (χ0n) is 13.8. The van der Waals surface area contributed by atoms with Crippen LogP contribution in [0.25, 0.3) is 0 Å². The summed E-state index contributed by atoms with van der Waals surface area (Å²) in [7, 11) is 0. The fraction of sp³-hybridized carbons (Fsp3) is 0.529. The summed E-state index contributed by atoms with van der Waals surface area (Å²) in [5.41, 5.74) is -0.0442. The van der Waals surface area contributed by atoms with Crippen LogP contribution in [-0.2, 0) is 14.2 Å². The normalized spacial score (nSPS) is 18.4. The molecule has 0 radical (unpaired) electrons. The Kier molecular flexibility index (Phi) is 5.60. The van der Waals surface area contributed by atoms with Crippen LogP contribution in [0.2, 0.25) is 0 Å². The molecule has 1 unspecified atom stereocenters. The largest absolute Gasteiger partial charge is 0.459 e.